The number of phenolic OH excluding ortho intramolecular Hbond substituents is 1. The zero-order chi connectivity index (χ0) is 18.9. The largest absolute Gasteiger partial charge is 0.508 e. The summed E-state index contributed by atoms with van der Waals surface area (Å²) in [5, 5.41) is 12.8. The number of carbonyl (C=O) groups excluding carboxylic acids is 1. The third-order valence-electron chi connectivity index (χ3n) is 5.15. The Morgan fingerprint density at radius 2 is 1.48 bits per heavy atom. The highest BCUT2D eigenvalue weighted by atomic mass is 16.3. The van der Waals surface area contributed by atoms with Gasteiger partial charge in [-0.1, -0.05) is 44.2 Å². The van der Waals surface area contributed by atoms with Crippen molar-refractivity contribution in [3.63, 3.8) is 0 Å². The number of rotatable bonds is 5. The number of phenols is 1. The average Bonchev–Trinajstić information content (AvgIpc) is 2.66. The molecule has 5 nitrogen and oxygen atoms in total. The molecule has 1 aliphatic carbocycles. The second kappa shape index (κ2) is 9.95. The molecule has 0 bridgehead atoms. The van der Waals surface area contributed by atoms with Crippen molar-refractivity contribution in [3.05, 3.63) is 59.9 Å². The summed E-state index contributed by atoms with van der Waals surface area (Å²) >= 11 is 0. The molecule has 0 radical (unpaired) electrons. The molecular weight excluding hydrogens is 338 g/mol. The molecule has 1 saturated carbocycles. The topological polar surface area (TPSA) is 65.5 Å². The summed E-state index contributed by atoms with van der Waals surface area (Å²) in [6.07, 6.45) is 11.8. The van der Waals surface area contributed by atoms with E-state index in [9.17, 15) is 9.90 Å². The van der Waals surface area contributed by atoms with Crippen LogP contribution in [0.4, 0.5) is 4.79 Å². The maximum Gasteiger partial charge on any atom is 0.318 e. The number of nitrogens with one attached hydrogen (secondary N) is 1. The van der Waals surface area contributed by atoms with Crippen molar-refractivity contribution in [2.75, 3.05) is 0 Å². The molecule has 1 aromatic heterocycles. The van der Waals surface area contributed by atoms with Gasteiger partial charge in [0.25, 0.3) is 0 Å². The molecule has 1 aliphatic rings. The Morgan fingerprint density at radius 1 is 0.926 bits per heavy atom. The van der Waals surface area contributed by atoms with E-state index in [4.69, 9.17) is 0 Å². The van der Waals surface area contributed by atoms with E-state index < -0.39 is 0 Å². The lowest BCUT2D eigenvalue weighted by atomic mass is 9.97. The molecular formula is C22H29N3O2. The van der Waals surface area contributed by atoms with Crippen LogP contribution in [0.15, 0.2) is 48.8 Å². The van der Waals surface area contributed by atoms with Crippen LogP contribution in [0, 0.1) is 0 Å². The first-order chi connectivity index (χ1) is 13.2. The van der Waals surface area contributed by atoms with Crippen LogP contribution in [0.5, 0.6) is 5.75 Å². The zero-order valence-corrected chi connectivity index (χ0v) is 15.8. The number of aromatic nitrogens is 1. The van der Waals surface area contributed by atoms with Crippen molar-refractivity contribution in [1.82, 2.24) is 15.2 Å². The van der Waals surface area contributed by atoms with Gasteiger partial charge in [0.15, 0.2) is 0 Å². The number of carbonyl (C=O) groups is 1. The minimum absolute atomic E-state index is 0.0227. The fraction of sp³-hybridized carbons (Fsp3) is 0.455. The number of pyridine rings is 1. The van der Waals surface area contributed by atoms with Crippen LogP contribution in [0.25, 0.3) is 0 Å². The first kappa shape index (κ1) is 19.2. The van der Waals surface area contributed by atoms with E-state index >= 15 is 0 Å². The van der Waals surface area contributed by atoms with Gasteiger partial charge in [-0.25, -0.2) is 4.79 Å². The molecule has 144 valence electrons. The van der Waals surface area contributed by atoms with Gasteiger partial charge in [0.05, 0.1) is 0 Å². The molecule has 2 aromatic rings. The van der Waals surface area contributed by atoms with E-state index in [0.29, 0.717) is 13.1 Å². The van der Waals surface area contributed by atoms with Gasteiger partial charge in [-0.2, -0.15) is 0 Å². The minimum atomic E-state index is -0.0227. The second-order valence-corrected chi connectivity index (χ2v) is 7.37. The van der Waals surface area contributed by atoms with Crippen molar-refractivity contribution in [2.45, 2.75) is 64.1 Å². The Balaban J connectivity index is 1.69. The van der Waals surface area contributed by atoms with Crippen molar-refractivity contribution < 1.29 is 9.90 Å². The van der Waals surface area contributed by atoms with Crippen molar-refractivity contribution in [1.29, 1.82) is 0 Å². The lowest BCUT2D eigenvalue weighted by Gasteiger charge is -2.28. The van der Waals surface area contributed by atoms with Crippen molar-refractivity contribution in [3.8, 4) is 5.75 Å². The number of amides is 2. The van der Waals surface area contributed by atoms with Crippen LogP contribution in [0.3, 0.4) is 0 Å². The Hall–Kier alpha value is -2.56. The highest BCUT2D eigenvalue weighted by molar-refractivity contribution is 5.74. The summed E-state index contributed by atoms with van der Waals surface area (Å²) in [5.74, 6) is 0.235. The van der Waals surface area contributed by atoms with Crippen LogP contribution in [0.1, 0.15) is 56.1 Å². The SMILES string of the molecule is O=C(NC1CCCCCCC1)N(Cc1ccncc1)Cc1ccc(O)cc1. The molecule has 1 heterocycles. The third-order valence-corrected chi connectivity index (χ3v) is 5.15. The van der Waals surface area contributed by atoms with Crippen LogP contribution in [-0.2, 0) is 13.1 Å². The standard InChI is InChI=1S/C22H29N3O2/c26-21-10-8-18(9-11-21)16-25(17-19-12-14-23-15-13-19)22(27)24-20-6-4-2-1-3-5-7-20/h8-15,20,26H,1-7,16-17H2,(H,24,27). The van der Waals surface area contributed by atoms with Gasteiger partial charge in [0.1, 0.15) is 5.75 Å². The van der Waals surface area contributed by atoms with Gasteiger partial charge in [-0.3, -0.25) is 4.98 Å². The number of aromatic hydroxyl groups is 1. The lowest BCUT2D eigenvalue weighted by Crippen LogP contribution is -2.44. The minimum Gasteiger partial charge on any atom is -0.508 e. The molecule has 27 heavy (non-hydrogen) atoms. The van der Waals surface area contributed by atoms with Crippen LogP contribution < -0.4 is 5.32 Å². The van der Waals surface area contributed by atoms with E-state index in [0.717, 1.165) is 24.0 Å². The molecule has 0 aliphatic heterocycles. The summed E-state index contributed by atoms with van der Waals surface area (Å²) in [6, 6.07) is 11.2. The smallest absolute Gasteiger partial charge is 0.318 e. The lowest BCUT2D eigenvalue weighted by molar-refractivity contribution is 0.185. The molecule has 0 saturated heterocycles. The summed E-state index contributed by atoms with van der Waals surface area (Å²) in [6.45, 7) is 1.03. The van der Waals surface area contributed by atoms with E-state index in [1.54, 1.807) is 24.5 Å². The molecule has 1 fully saturated rings. The number of nitrogens with zero attached hydrogens (tertiary/aromatic N) is 2. The Morgan fingerprint density at radius 3 is 2.11 bits per heavy atom. The predicted octanol–water partition coefficient (Wildman–Crippen LogP) is 4.61. The van der Waals surface area contributed by atoms with Gasteiger partial charge < -0.3 is 15.3 Å². The first-order valence-corrected chi connectivity index (χ1v) is 9.93. The second-order valence-electron chi connectivity index (χ2n) is 7.37. The van der Waals surface area contributed by atoms with E-state index in [2.05, 4.69) is 10.3 Å². The number of benzene rings is 1. The average molecular weight is 367 g/mol. The van der Waals surface area contributed by atoms with Gasteiger partial charge in [0.2, 0.25) is 0 Å². The Kier molecular flexibility index (Phi) is 7.08. The van der Waals surface area contributed by atoms with Crippen LogP contribution in [-0.4, -0.2) is 27.1 Å². The van der Waals surface area contributed by atoms with Crippen molar-refractivity contribution >= 4 is 6.03 Å². The Labute approximate surface area is 161 Å². The summed E-state index contributed by atoms with van der Waals surface area (Å²) < 4.78 is 0. The third kappa shape index (κ3) is 6.27. The maximum atomic E-state index is 13.0. The molecule has 5 heteroatoms. The van der Waals surface area contributed by atoms with E-state index in [-0.39, 0.29) is 17.8 Å². The summed E-state index contributed by atoms with van der Waals surface area (Å²) in [4.78, 5) is 18.9. The van der Waals surface area contributed by atoms with E-state index in [1.165, 1.54) is 32.1 Å². The monoisotopic (exact) mass is 367 g/mol. The van der Waals surface area contributed by atoms with Crippen molar-refractivity contribution in [2.24, 2.45) is 0 Å². The van der Waals surface area contributed by atoms with Gasteiger partial charge >= 0.3 is 6.03 Å². The van der Waals surface area contributed by atoms with Gasteiger partial charge in [-0.05, 0) is 48.2 Å². The van der Waals surface area contributed by atoms with Crippen LogP contribution >= 0.6 is 0 Å². The number of hydrogen-bond donors (Lipinski definition) is 2. The molecule has 0 spiro atoms. The number of hydrogen-bond acceptors (Lipinski definition) is 3. The normalized spacial score (nSPS) is 15.6. The van der Waals surface area contributed by atoms with Crippen LogP contribution in [0.2, 0.25) is 0 Å². The molecule has 3 rings (SSSR count). The molecule has 0 unspecified atom stereocenters. The number of urea groups is 1. The quantitative estimate of drug-likeness (QED) is 0.811. The summed E-state index contributed by atoms with van der Waals surface area (Å²) in [5.41, 5.74) is 2.05. The van der Waals surface area contributed by atoms with E-state index in [1.807, 2.05) is 29.2 Å². The highest BCUT2D eigenvalue weighted by Crippen LogP contribution is 2.18. The zero-order valence-electron chi connectivity index (χ0n) is 15.8. The summed E-state index contributed by atoms with van der Waals surface area (Å²) in [7, 11) is 0. The molecule has 2 N–H and O–H groups in total. The maximum absolute atomic E-state index is 13.0. The first-order valence-electron chi connectivity index (χ1n) is 9.93. The highest BCUT2D eigenvalue weighted by Gasteiger charge is 2.19. The molecule has 1 aromatic carbocycles. The fourth-order valence-corrected chi connectivity index (χ4v) is 3.60. The molecule has 0 atom stereocenters. The predicted molar refractivity (Wildman–Crippen MR) is 106 cm³/mol. The van der Waals surface area contributed by atoms with Gasteiger partial charge in [-0.15, -0.1) is 0 Å². The fourth-order valence-electron chi connectivity index (χ4n) is 3.60. The molecule has 2 amide bonds. The Bertz CT molecular complexity index is 695. The van der Waals surface area contributed by atoms with Gasteiger partial charge in [0, 0.05) is 31.5 Å².